The van der Waals surface area contributed by atoms with Gasteiger partial charge in [0, 0.05) is 57.2 Å². The third-order valence-corrected chi connectivity index (χ3v) is 7.49. The smallest absolute Gasteiger partial charge is 0.417 e. The predicted octanol–water partition coefficient (Wildman–Crippen LogP) is 3.69. The monoisotopic (exact) mass is 530 g/mol. The molecule has 6 rings (SSSR count). The first-order valence-corrected chi connectivity index (χ1v) is 13.1. The van der Waals surface area contributed by atoms with Crippen molar-refractivity contribution in [2.24, 2.45) is 0 Å². The molecule has 3 aliphatic rings. The van der Waals surface area contributed by atoms with Gasteiger partial charge in [0.15, 0.2) is 17.2 Å². The number of nitrogens with zero attached hydrogens (tertiary/aromatic N) is 5. The Hall–Kier alpha value is -4.27. The summed E-state index contributed by atoms with van der Waals surface area (Å²) < 4.78 is 23.5. The van der Waals surface area contributed by atoms with E-state index in [4.69, 9.17) is 18.9 Å². The van der Waals surface area contributed by atoms with E-state index in [1.54, 1.807) is 16.8 Å². The minimum absolute atomic E-state index is 0.188. The van der Waals surface area contributed by atoms with Crippen LogP contribution in [0.1, 0.15) is 24.1 Å². The third-order valence-electron chi connectivity index (χ3n) is 7.49. The molecule has 0 radical (unpaired) electrons. The van der Waals surface area contributed by atoms with E-state index >= 15 is 0 Å². The second kappa shape index (κ2) is 10.8. The van der Waals surface area contributed by atoms with Crippen LogP contribution in [-0.2, 0) is 4.74 Å². The van der Waals surface area contributed by atoms with Crippen molar-refractivity contribution < 1.29 is 23.7 Å². The number of nitriles is 1. The summed E-state index contributed by atoms with van der Waals surface area (Å²) >= 11 is 0. The zero-order valence-electron chi connectivity index (χ0n) is 21.8. The summed E-state index contributed by atoms with van der Waals surface area (Å²) in [7, 11) is 0. The number of ether oxygens (including phenoxy) is 4. The zero-order valence-corrected chi connectivity index (χ0v) is 21.8. The fraction of sp³-hybridized carbons (Fsp3) is 0.393. The summed E-state index contributed by atoms with van der Waals surface area (Å²) in [6.45, 7) is 7.30. The maximum atomic E-state index is 12.7. The first-order chi connectivity index (χ1) is 19.1. The summed E-state index contributed by atoms with van der Waals surface area (Å²) in [4.78, 5) is 17.5. The standard InChI is InChI=1S/C28H30N6O5/c1-19-27(17-30-34(19)23-3-5-25-26(15-23)38-18-37-25)39-28(35)31-21-2-4-24(20(14-21)16-29)33-10-8-32(9-11-33)22-6-12-36-13-7-22/h2-5,14-15,17,22H,6-13,18H2,1H3,(H,31,35). The highest BCUT2D eigenvalue weighted by atomic mass is 16.7. The van der Waals surface area contributed by atoms with E-state index in [0.29, 0.717) is 40.2 Å². The van der Waals surface area contributed by atoms with Gasteiger partial charge in [-0.25, -0.2) is 9.48 Å². The van der Waals surface area contributed by atoms with Crippen LogP contribution in [0.25, 0.3) is 5.69 Å². The van der Waals surface area contributed by atoms with E-state index < -0.39 is 6.09 Å². The maximum Gasteiger partial charge on any atom is 0.417 e. The Morgan fingerprint density at radius 3 is 2.67 bits per heavy atom. The lowest BCUT2D eigenvalue weighted by Crippen LogP contribution is -2.51. The Bertz CT molecular complexity index is 1400. The van der Waals surface area contributed by atoms with Gasteiger partial charge in [0.1, 0.15) is 6.07 Å². The number of piperazine rings is 1. The maximum absolute atomic E-state index is 12.7. The molecule has 11 heteroatoms. The average Bonchev–Trinajstić information content (AvgIpc) is 3.59. The summed E-state index contributed by atoms with van der Waals surface area (Å²) in [6, 6.07) is 13.7. The second-order valence-corrected chi connectivity index (χ2v) is 9.77. The molecule has 1 amide bonds. The van der Waals surface area contributed by atoms with Crippen LogP contribution >= 0.6 is 0 Å². The molecule has 2 saturated heterocycles. The van der Waals surface area contributed by atoms with E-state index in [1.165, 1.54) is 6.20 Å². The first-order valence-electron chi connectivity index (χ1n) is 13.1. The van der Waals surface area contributed by atoms with Gasteiger partial charge in [0.2, 0.25) is 6.79 Å². The molecule has 11 nitrogen and oxygen atoms in total. The molecule has 0 bridgehead atoms. The van der Waals surface area contributed by atoms with Crippen molar-refractivity contribution in [2.75, 3.05) is 56.4 Å². The van der Waals surface area contributed by atoms with Crippen LogP contribution in [0.4, 0.5) is 16.2 Å². The summed E-state index contributed by atoms with van der Waals surface area (Å²) in [6.07, 6.45) is 2.99. The molecule has 2 fully saturated rings. The number of fused-ring (bicyclic) bond motifs is 1. The van der Waals surface area contributed by atoms with Crippen LogP contribution in [0.2, 0.25) is 0 Å². The van der Waals surface area contributed by atoms with Crippen LogP contribution < -0.4 is 24.4 Å². The number of benzene rings is 2. The normalized spacial score (nSPS) is 17.6. The highest BCUT2D eigenvalue weighted by molar-refractivity contribution is 5.87. The van der Waals surface area contributed by atoms with E-state index in [-0.39, 0.29) is 6.79 Å². The molecule has 0 unspecified atom stereocenters. The Balaban J connectivity index is 1.08. The zero-order chi connectivity index (χ0) is 26.8. The molecular formula is C28H30N6O5. The van der Waals surface area contributed by atoms with Crippen LogP contribution in [-0.4, -0.2) is 73.0 Å². The van der Waals surface area contributed by atoms with Crippen molar-refractivity contribution in [3.8, 4) is 29.0 Å². The van der Waals surface area contributed by atoms with Gasteiger partial charge in [-0.3, -0.25) is 10.2 Å². The molecule has 0 atom stereocenters. The van der Waals surface area contributed by atoms with Crippen molar-refractivity contribution in [2.45, 2.75) is 25.8 Å². The Labute approximate surface area is 226 Å². The number of aromatic nitrogens is 2. The van der Waals surface area contributed by atoms with Crippen LogP contribution in [0.15, 0.2) is 42.6 Å². The van der Waals surface area contributed by atoms with Gasteiger partial charge in [0.05, 0.1) is 28.8 Å². The first kappa shape index (κ1) is 25.0. The van der Waals surface area contributed by atoms with Crippen LogP contribution in [0, 0.1) is 18.3 Å². The number of hydrogen-bond acceptors (Lipinski definition) is 9. The Morgan fingerprint density at radius 2 is 1.87 bits per heavy atom. The molecule has 39 heavy (non-hydrogen) atoms. The number of nitrogens with one attached hydrogen (secondary N) is 1. The molecule has 3 aliphatic heterocycles. The Morgan fingerprint density at radius 1 is 1.08 bits per heavy atom. The van der Waals surface area contributed by atoms with Crippen molar-refractivity contribution >= 4 is 17.5 Å². The molecule has 4 heterocycles. The highest BCUT2D eigenvalue weighted by Gasteiger charge is 2.26. The van der Waals surface area contributed by atoms with E-state index in [1.807, 2.05) is 31.2 Å². The number of carbonyl (C=O) groups is 1. The molecule has 2 aromatic carbocycles. The average molecular weight is 531 g/mol. The van der Waals surface area contributed by atoms with Crippen molar-refractivity contribution in [3.05, 3.63) is 53.9 Å². The van der Waals surface area contributed by atoms with Gasteiger partial charge < -0.3 is 23.8 Å². The number of rotatable bonds is 5. The SMILES string of the molecule is Cc1c(OC(=O)Nc2ccc(N3CCN(C4CCOCC4)CC3)c(C#N)c2)cnn1-c1ccc2c(c1)OCO2. The van der Waals surface area contributed by atoms with E-state index in [9.17, 15) is 10.1 Å². The molecule has 1 N–H and O–H groups in total. The summed E-state index contributed by atoms with van der Waals surface area (Å²) in [5.41, 5.74) is 3.29. The van der Waals surface area contributed by atoms with Gasteiger partial charge in [-0.05, 0) is 50.1 Å². The topological polar surface area (TPSA) is 114 Å². The Kier molecular flexibility index (Phi) is 6.96. The van der Waals surface area contributed by atoms with E-state index in [2.05, 4.69) is 26.3 Å². The molecule has 0 aliphatic carbocycles. The van der Waals surface area contributed by atoms with Gasteiger partial charge in [-0.15, -0.1) is 0 Å². The number of hydrogen-bond donors (Lipinski definition) is 1. The number of amides is 1. The van der Waals surface area contributed by atoms with Crippen molar-refractivity contribution in [1.82, 2.24) is 14.7 Å². The largest absolute Gasteiger partial charge is 0.454 e. The summed E-state index contributed by atoms with van der Waals surface area (Å²) in [5.74, 6) is 1.64. The van der Waals surface area contributed by atoms with Gasteiger partial charge >= 0.3 is 6.09 Å². The molecular weight excluding hydrogens is 500 g/mol. The fourth-order valence-electron chi connectivity index (χ4n) is 5.37. The van der Waals surface area contributed by atoms with Crippen LogP contribution in [0.3, 0.4) is 0 Å². The third kappa shape index (κ3) is 5.21. The number of anilines is 2. The molecule has 1 aromatic heterocycles. The van der Waals surface area contributed by atoms with Crippen LogP contribution in [0.5, 0.6) is 17.2 Å². The van der Waals surface area contributed by atoms with Gasteiger partial charge in [-0.1, -0.05) is 0 Å². The molecule has 202 valence electrons. The minimum atomic E-state index is -0.662. The predicted molar refractivity (Wildman–Crippen MR) is 143 cm³/mol. The van der Waals surface area contributed by atoms with Gasteiger partial charge in [0.25, 0.3) is 0 Å². The van der Waals surface area contributed by atoms with Gasteiger partial charge in [-0.2, -0.15) is 10.4 Å². The fourth-order valence-corrected chi connectivity index (χ4v) is 5.37. The number of carbonyl (C=O) groups excluding carboxylic acids is 1. The minimum Gasteiger partial charge on any atom is -0.454 e. The highest BCUT2D eigenvalue weighted by Crippen LogP contribution is 2.34. The second-order valence-electron chi connectivity index (χ2n) is 9.77. The van der Waals surface area contributed by atoms with E-state index in [0.717, 1.165) is 63.6 Å². The van der Waals surface area contributed by atoms with Crippen molar-refractivity contribution in [1.29, 1.82) is 5.26 Å². The van der Waals surface area contributed by atoms with Crippen molar-refractivity contribution in [3.63, 3.8) is 0 Å². The molecule has 3 aromatic rings. The summed E-state index contributed by atoms with van der Waals surface area (Å²) in [5, 5.41) is 16.9. The lowest BCUT2D eigenvalue weighted by molar-refractivity contribution is 0.0321. The lowest BCUT2D eigenvalue weighted by atomic mass is 10.1. The molecule has 0 spiro atoms. The quantitative estimate of drug-likeness (QED) is 0.527. The molecule has 0 saturated carbocycles. The lowest BCUT2D eigenvalue weighted by Gasteiger charge is -2.41.